The summed E-state index contributed by atoms with van der Waals surface area (Å²) in [6.45, 7) is 4.64. The van der Waals surface area contributed by atoms with Crippen LogP contribution in [0, 0.1) is 0 Å². The summed E-state index contributed by atoms with van der Waals surface area (Å²) in [7, 11) is 3.03. The van der Waals surface area contributed by atoms with Crippen molar-refractivity contribution in [3.05, 3.63) is 42.1 Å². The number of hydrogen-bond acceptors (Lipinski definition) is 8. The highest BCUT2D eigenvalue weighted by molar-refractivity contribution is 5.83. The molecule has 0 aliphatic carbocycles. The number of benzene rings is 1. The zero-order valence-electron chi connectivity index (χ0n) is 16.3. The fourth-order valence-electron chi connectivity index (χ4n) is 2.95. The van der Waals surface area contributed by atoms with Crippen LogP contribution in [-0.4, -0.2) is 62.6 Å². The quantitative estimate of drug-likeness (QED) is 0.429. The highest BCUT2D eigenvalue weighted by Gasteiger charge is 2.18. The minimum absolute atomic E-state index is 0.263. The average molecular weight is 384 g/mol. The number of methoxy groups -OCH3 is 2. The maximum atomic E-state index is 11.3. The molecule has 8 heteroatoms. The van der Waals surface area contributed by atoms with Crippen molar-refractivity contribution in [1.29, 1.82) is 0 Å². The van der Waals surface area contributed by atoms with Crippen LogP contribution in [0.4, 0.5) is 5.82 Å². The van der Waals surface area contributed by atoms with Crippen LogP contribution in [0.1, 0.15) is 12.5 Å². The van der Waals surface area contributed by atoms with E-state index in [2.05, 4.69) is 15.0 Å². The number of piperazine rings is 1. The number of hydrazone groups is 1. The molecule has 1 fully saturated rings. The first-order valence-corrected chi connectivity index (χ1v) is 9.00. The van der Waals surface area contributed by atoms with Crippen molar-refractivity contribution in [3.8, 4) is 17.2 Å². The summed E-state index contributed by atoms with van der Waals surface area (Å²) in [6.07, 6.45) is 3.55. The molecule has 0 N–H and O–H groups in total. The lowest BCUT2D eigenvalue weighted by atomic mass is 10.2. The third-order valence-electron chi connectivity index (χ3n) is 4.33. The molecule has 2 heterocycles. The van der Waals surface area contributed by atoms with E-state index in [4.69, 9.17) is 14.2 Å². The highest BCUT2D eigenvalue weighted by atomic mass is 16.6. The molecule has 1 aromatic carbocycles. The Hall–Kier alpha value is -3.29. The summed E-state index contributed by atoms with van der Waals surface area (Å²) in [5.41, 5.74) is 0.789. The fraction of sp³-hybridized carbons (Fsp3) is 0.350. The molecular formula is C20H24N4O4. The van der Waals surface area contributed by atoms with Crippen molar-refractivity contribution >= 4 is 18.0 Å². The molecule has 0 bridgehead atoms. The number of hydrogen-bond donors (Lipinski definition) is 0. The molecule has 1 saturated heterocycles. The molecule has 3 rings (SSSR count). The largest absolute Gasteiger partial charge is 0.493 e. The van der Waals surface area contributed by atoms with Gasteiger partial charge in [-0.3, -0.25) is 9.80 Å². The molecule has 0 atom stereocenters. The molecule has 28 heavy (non-hydrogen) atoms. The van der Waals surface area contributed by atoms with Crippen molar-refractivity contribution in [2.75, 3.05) is 45.3 Å². The number of carbonyl (C=O) groups excluding carboxylic acids is 1. The minimum atomic E-state index is -0.441. The number of ether oxygens (including phenoxy) is 3. The molecule has 0 radical (unpaired) electrons. The predicted molar refractivity (Wildman–Crippen MR) is 106 cm³/mol. The minimum Gasteiger partial charge on any atom is -0.493 e. The zero-order chi connectivity index (χ0) is 19.9. The molecule has 0 saturated carbocycles. The van der Waals surface area contributed by atoms with Crippen LogP contribution in [0.3, 0.4) is 0 Å². The van der Waals surface area contributed by atoms with Crippen molar-refractivity contribution in [2.45, 2.75) is 6.92 Å². The van der Waals surface area contributed by atoms with Crippen LogP contribution in [0.25, 0.3) is 0 Å². The number of aromatic nitrogens is 1. The maximum absolute atomic E-state index is 11.3. The number of pyridine rings is 1. The first-order chi connectivity index (χ1) is 13.6. The zero-order valence-corrected chi connectivity index (χ0v) is 16.3. The number of carbonyl (C=O) groups is 1. The molecular weight excluding hydrogens is 360 g/mol. The number of rotatable bonds is 6. The first-order valence-electron chi connectivity index (χ1n) is 9.00. The van der Waals surface area contributed by atoms with Gasteiger partial charge in [-0.2, -0.15) is 5.10 Å². The average Bonchev–Trinajstić information content (AvgIpc) is 2.73. The van der Waals surface area contributed by atoms with Gasteiger partial charge in [-0.15, -0.1) is 0 Å². The molecule has 1 aliphatic heterocycles. The van der Waals surface area contributed by atoms with Gasteiger partial charge < -0.3 is 19.1 Å². The lowest BCUT2D eigenvalue weighted by Gasteiger charge is -2.33. The Kier molecular flexibility index (Phi) is 6.31. The maximum Gasteiger partial charge on any atom is 0.308 e. The summed E-state index contributed by atoms with van der Waals surface area (Å²) in [5, 5.41) is 6.58. The third kappa shape index (κ3) is 4.70. The van der Waals surface area contributed by atoms with E-state index in [0.717, 1.165) is 37.6 Å². The number of anilines is 1. The number of nitrogens with zero attached hydrogens (tertiary/aromatic N) is 4. The topological polar surface area (TPSA) is 76.5 Å². The second-order valence-electron chi connectivity index (χ2n) is 6.22. The molecule has 0 amide bonds. The van der Waals surface area contributed by atoms with E-state index in [1.807, 2.05) is 23.2 Å². The van der Waals surface area contributed by atoms with Crippen LogP contribution < -0.4 is 19.1 Å². The van der Waals surface area contributed by atoms with Gasteiger partial charge in [-0.25, -0.2) is 4.98 Å². The Balaban J connectivity index is 1.68. The van der Waals surface area contributed by atoms with Gasteiger partial charge >= 0.3 is 5.97 Å². The van der Waals surface area contributed by atoms with Crippen LogP contribution in [-0.2, 0) is 4.79 Å². The van der Waals surface area contributed by atoms with Crippen molar-refractivity contribution in [3.63, 3.8) is 0 Å². The first kappa shape index (κ1) is 19.5. The Bertz CT molecular complexity index is 808. The van der Waals surface area contributed by atoms with Gasteiger partial charge in [0.15, 0.2) is 11.5 Å². The predicted octanol–water partition coefficient (Wildman–Crippen LogP) is 2.18. The molecule has 0 spiro atoms. The fourth-order valence-corrected chi connectivity index (χ4v) is 2.95. The Labute approximate surface area is 164 Å². The number of esters is 1. The van der Waals surface area contributed by atoms with Gasteiger partial charge in [0.25, 0.3) is 0 Å². The van der Waals surface area contributed by atoms with Gasteiger partial charge in [0, 0.05) is 31.8 Å². The van der Waals surface area contributed by atoms with Crippen molar-refractivity contribution < 1.29 is 19.0 Å². The van der Waals surface area contributed by atoms with Crippen LogP contribution >= 0.6 is 0 Å². The van der Waals surface area contributed by atoms with Gasteiger partial charge in [0.2, 0.25) is 5.75 Å². The van der Waals surface area contributed by atoms with Crippen molar-refractivity contribution in [1.82, 2.24) is 9.99 Å². The van der Waals surface area contributed by atoms with E-state index in [1.54, 1.807) is 24.5 Å². The van der Waals surface area contributed by atoms with Crippen LogP contribution in [0.15, 0.2) is 41.6 Å². The second-order valence-corrected chi connectivity index (χ2v) is 6.22. The van der Waals surface area contributed by atoms with E-state index in [1.165, 1.54) is 21.1 Å². The molecule has 1 aromatic heterocycles. The van der Waals surface area contributed by atoms with E-state index >= 15 is 0 Å². The normalized spacial score (nSPS) is 14.2. The van der Waals surface area contributed by atoms with Crippen LogP contribution in [0.2, 0.25) is 0 Å². The van der Waals surface area contributed by atoms with Gasteiger partial charge in [-0.05, 0) is 24.3 Å². The standard InChI is InChI=1S/C20H24N4O4/c1-15(25)28-20-17(26-2)12-16(13-18(20)27-3)14-22-24-10-8-23(9-11-24)19-6-4-5-7-21-19/h4-7,12-14H,8-11H2,1-3H3. The van der Waals surface area contributed by atoms with E-state index in [0.29, 0.717) is 11.5 Å². The van der Waals surface area contributed by atoms with Crippen molar-refractivity contribution in [2.24, 2.45) is 5.10 Å². The summed E-state index contributed by atoms with van der Waals surface area (Å²) in [6, 6.07) is 9.44. The third-order valence-corrected chi connectivity index (χ3v) is 4.33. The molecule has 1 aliphatic rings. The Morgan fingerprint density at radius 2 is 1.79 bits per heavy atom. The van der Waals surface area contributed by atoms with E-state index in [9.17, 15) is 4.79 Å². The summed E-state index contributed by atoms with van der Waals surface area (Å²) >= 11 is 0. The monoisotopic (exact) mass is 384 g/mol. The van der Waals surface area contributed by atoms with Crippen LogP contribution in [0.5, 0.6) is 17.2 Å². The molecule has 8 nitrogen and oxygen atoms in total. The summed E-state index contributed by atoms with van der Waals surface area (Å²) in [5.74, 6) is 1.64. The molecule has 2 aromatic rings. The summed E-state index contributed by atoms with van der Waals surface area (Å²) < 4.78 is 15.9. The molecule has 0 unspecified atom stereocenters. The second kappa shape index (κ2) is 9.07. The molecule has 148 valence electrons. The lowest BCUT2D eigenvalue weighted by Crippen LogP contribution is -2.44. The lowest BCUT2D eigenvalue weighted by molar-refractivity contribution is -0.132. The Morgan fingerprint density at radius 1 is 1.11 bits per heavy atom. The van der Waals surface area contributed by atoms with Gasteiger partial charge in [0.1, 0.15) is 5.82 Å². The Morgan fingerprint density at radius 3 is 2.32 bits per heavy atom. The highest BCUT2D eigenvalue weighted by Crippen LogP contribution is 2.38. The van der Waals surface area contributed by atoms with E-state index in [-0.39, 0.29) is 5.75 Å². The van der Waals surface area contributed by atoms with Gasteiger partial charge in [0.05, 0.1) is 33.5 Å². The van der Waals surface area contributed by atoms with Gasteiger partial charge in [-0.1, -0.05) is 6.07 Å². The SMILES string of the molecule is COc1cc(C=NN2CCN(c3ccccn3)CC2)cc(OC)c1OC(C)=O. The summed E-state index contributed by atoms with van der Waals surface area (Å²) in [4.78, 5) is 18.0. The van der Waals surface area contributed by atoms with E-state index < -0.39 is 5.97 Å². The smallest absolute Gasteiger partial charge is 0.308 e.